The number of likely N-dealkylation sites (tertiary alicyclic amines) is 1. The molecule has 3 heteroatoms. The average Bonchev–Trinajstić information content (AvgIpc) is 1.98. The van der Waals surface area contributed by atoms with E-state index in [1.54, 1.807) is 11.9 Å². The number of thiocarbonyl (C=S) groups is 1. The van der Waals surface area contributed by atoms with Crippen molar-refractivity contribution in [2.45, 2.75) is 13.3 Å². The van der Waals surface area contributed by atoms with Crippen LogP contribution >= 0.6 is 12.2 Å². The van der Waals surface area contributed by atoms with Crippen LogP contribution in [0.25, 0.3) is 0 Å². The zero-order chi connectivity index (χ0) is 7.02. The fraction of sp³-hybridized carbons (Fsp3) is 0.667. The molecule has 0 aromatic heterocycles. The van der Waals surface area contributed by atoms with Crippen molar-refractivity contribution in [2.75, 3.05) is 7.05 Å². The summed E-state index contributed by atoms with van der Waals surface area (Å²) in [6, 6.07) is 0. The molecule has 1 amide bonds. The molecule has 1 heterocycles. The third kappa shape index (κ3) is 0.965. The van der Waals surface area contributed by atoms with E-state index in [9.17, 15) is 4.79 Å². The number of hydrogen-bond acceptors (Lipinski definition) is 2. The Kier molecular flexibility index (Phi) is 1.53. The van der Waals surface area contributed by atoms with Gasteiger partial charge in [0, 0.05) is 19.4 Å². The Morgan fingerprint density at radius 2 is 2.33 bits per heavy atom. The van der Waals surface area contributed by atoms with Crippen molar-refractivity contribution < 1.29 is 4.79 Å². The molecule has 1 aliphatic heterocycles. The Bertz CT molecular complexity index is 166. The highest BCUT2D eigenvalue weighted by Gasteiger charge is 2.28. The van der Waals surface area contributed by atoms with Gasteiger partial charge in [0.25, 0.3) is 0 Å². The summed E-state index contributed by atoms with van der Waals surface area (Å²) in [5.41, 5.74) is 0. The second kappa shape index (κ2) is 2.06. The molecule has 0 spiro atoms. The summed E-state index contributed by atoms with van der Waals surface area (Å²) in [5, 5.41) is 0. The fourth-order valence-corrected chi connectivity index (χ4v) is 1.12. The molecule has 1 saturated heterocycles. The van der Waals surface area contributed by atoms with Crippen LogP contribution < -0.4 is 0 Å². The molecule has 1 rings (SSSR count). The highest BCUT2D eigenvalue weighted by Crippen LogP contribution is 2.17. The summed E-state index contributed by atoms with van der Waals surface area (Å²) in [7, 11) is 1.73. The van der Waals surface area contributed by atoms with Crippen molar-refractivity contribution in [3.8, 4) is 0 Å². The molecule has 9 heavy (non-hydrogen) atoms. The lowest BCUT2D eigenvalue weighted by Crippen LogP contribution is -2.23. The molecular weight excluding hydrogens is 134 g/mol. The van der Waals surface area contributed by atoms with Crippen molar-refractivity contribution in [1.29, 1.82) is 0 Å². The quantitative estimate of drug-likeness (QED) is 0.468. The van der Waals surface area contributed by atoms with Gasteiger partial charge in [-0.2, -0.15) is 0 Å². The average molecular weight is 143 g/mol. The molecule has 0 saturated carbocycles. The molecule has 50 valence electrons. The van der Waals surface area contributed by atoms with Gasteiger partial charge in [0.2, 0.25) is 5.91 Å². The number of carbonyl (C=O) groups excluding carboxylic acids is 1. The predicted octanol–water partition coefficient (Wildman–Crippen LogP) is 0.812. The maximum atomic E-state index is 10.8. The van der Waals surface area contributed by atoms with Gasteiger partial charge in [-0.25, -0.2) is 0 Å². The van der Waals surface area contributed by atoms with Gasteiger partial charge in [-0.3, -0.25) is 4.79 Å². The third-order valence-electron chi connectivity index (χ3n) is 1.61. The van der Waals surface area contributed by atoms with E-state index >= 15 is 0 Å². The molecule has 0 radical (unpaired) electrons. The van der Waals surface area contributed by atoms with Crippen LogP contribution in [-0.2, 0) is 4.79 Å². The van der Waals surface area contributed by atoms with Crippen LogP contribution in [0.1, 0.15) is 13.3 Å². The van der Waals surface area contributed by atoms with E-state index in [0.29, 0.717) is 6.42 Å². The molecule has 1 fully saturated rings. The van der Waals surface area contributed by atoms with Crippen LogP contribution in [-0.4, -0.2) is 22.8 Å². The van der Waals surface area contributed by atoms with Crippen LogP contribution in [0.3, 0.4) is 0 Å². The van der Waals surface area contributed by atoms with Crippen LogP contribution in [0, 0.1) is 5.92 Å². The first-order valence-electron chi connectivity index (χ1n) is 2.93. The van der Waals surface area contributed by atoms with Gasteiger partial charge in [0.1, 0.15) is 0 Å². The molecular formula is C6H9NOS. The Hall–Kier alpha value is -0.440. The number of carbonyl (C=O) groups is 1. The number of amides is 1. The van der Waals surface area contributed by atoms with Crippen molar-refractivity contribution in [3.05, 3.63) is 0 Å². The van der Waals surface area contributed by atoms with Crippen LogP contribution in [0.15, 0.2) is 0 Å². The van der Waals surface area contributed by atoms with E-state index in [1.807, 2.05) is 6.92 Å². The monoisotopic (exact) mass is 143 g/mol. The van der Waals surface area contributed by atoms with Gasteiger partial charge in [-0.05, 0) is 0 Å². The Labute approximate surface area is 59.8 Å². The fourth-order valence-electron chi connectivity index (χ4n) is 0.940. The van der Waals surface area contributed by atoms with Crippen LogP contribution in [0.4, 0.5) is 0 Å². The number of hydrogen-bond donors (Lipinski definition) is 0. The molecule has 0 aromatic carbocycles. The Balaban J connectivity index is 2.77. The second-order valence-electron chi connectivity index (χ2n) is 2.40. The molecule has 0 aromatic rings. The van der Waals surface area contributed by atoms with E-state index in [0.717, 1.165) is 4.99 Å². The summed E-state index contributed by atoms with van der Waals surface area (Å²) in [5.74, 6) is 0.421. The molecule has 0 aliphatic carbocycles. The third-order valence-corrected chi connectivity index (χ3v) is 2.28. The smallest absolute Gasteiger partial charge is 0.227 e. The molecule has 2 nitrogen and oxygen atoms in total. The lowest BCUT2D eigenvalue weighted by molar-refractivity contribution is -0.124. The zero-order valence-corrected chi connectivity index (χ0v) is 6.36. The zero-order valence-electron chi connectivity index (χ0n) is 5.55. The first kappa shape index (κ1) is 6.68. The standard InChI is InChI=1S/C6H9NOS/c1-4-3-5(8)7(2)6(4)9/h4H,3H2,1-2H3. The molecule has 1 atom stereocenters. The molecule has 0 N–H and O–H groups in total. The number of nitrogens with zero attached hydrogens (tertiary/aromatic N) is 1. The summed E-state index contributed by atoms with van der Waals surface area (Å²) in [6.45, 7) is 1.98. The minimum atomic E-state index is 0.146. The molecule has 1 aliphatic rings. The Morgan fingerprint density at radius 1 is 1.78 bits per heavy atom. The van der Waals surface area contributed by atoms with Crippen molar-refractivity contribution in [3.63, 3.8) is 0 Å². The van der Waals surface area contributed by atoms with Crippen LogP contribution in [0.2, 0.25) is 0 Å². The van der Waals surface area contributed by atoms with E-state index in [1.165, 1.54) is 0 Å². The lowest BCUT2D eigenvalue weighted by atomic mass is 10.2. The highest BCUT2D eigenvalue weighted by molar-refractivity contribution is 7.80. The predicted molar refractivity (Wildman–Crippen MR) is 39.1 cm³/mol. The van der Waals surface area contributed by atoms with Gasteiger partial charge >= 0.3 is 0 Å². The van der Waals surface area contributed by atoms with Gasteiger partial charge in [-0.1, -0.05) is 19.1 Å². The van der Waals surface area contributed by atoms with Gasteiger partial charge < -0.3 is 4.90 Å². The highest BCUT2D eigenvalue weighted by atomic mass is 32.1. The minimum absolute atomic E-state index is 0.146. The van der Waals surface area contributed by atoms with Crippen molar-refractivity contribution in [2.24, 2.45) is 5.92 Å². The van der Waals surface area contributed by atoms with Gasteiger partial charge in [-0.15, -0.1) is 0 Å². The summed E-state index contributed by atoms with van der Waals surface area (Å²) < 4.78 is 0. The Morgan fingerprint density at radius 3 is 2.44 bits per heavy atom. The topological polar surface area (TPSA) is 20.3 Å². The minimum Gasteiger partial charge on any atom is -0.309 e. The van der Waals surface area contributed by atoms with E-state index in [2.05, 4.69) is 0 Å². The molecule has 0 bridgehead atoms. The van der Waals surface area contributed by atoms with Crippen molar-refractivity contribution >= 4 is 23.1 Å². The first-order chi connectivity index (χ1) is 4.13. The van der Waals surface area contributed by atoms with E-state index < -0.39 is 0 Å². The number of rotatable bonds is 0. The summed E-state index contributed by atoms with van der Waals surface area (Å²) in [4.78, 5) is 13.2. The van der Waals surface area contributed by atoms with Crippen molar-refractivity contribution in [1.82, 2.24) is 4.90 Å². The lowest BCUT2D eigenvalue weighted by Gasteiger charge is -2.07. The van der Waals surface area contributed by atoms with Gasteiger partial charge in [0.05, 0.1) is 4.99 Å². The largest absolute Gasteiger partial charge is 0.309 e. The van der Waals surface area contributed by atoms with E-state index in [-0.39, 0.29) is 11.8 Å². The SMILES string of the molecule is CC1CC(=O)N(C)C1=S. The van der Waals surface area contributed by atoms with Crippen LogP contribution in [0.5, 0.6) is 0 Å². The van der Waals surface area contributed by atoms with Gasteiger partial charge in [0.15, 0.2) is 0 Å². The first-order valence-corrected chi connectivity index (χ1v) is 3.34. The second-order valence-corrected chi connectivity index (χ2v) is 2.81. The summed E-state index contributed by atoms with van der Waals surface area (Å²) in [6.07, 6.45) is 0.593. The van der Waals surface area contributed by atoms with E-state index in [4.69, 9.17) is 12.2 Å². The molecule has 1 unspecified atom stereocenters. The maximum Gasteiger partial charge on any atom is 0.227 e. The summed E-state index contributed by atoms with van der Waals surface area (Å²) >= 11 is 4.95. The normalized spacial score (nSPS) is 27.8. The maximum absolute atomic E-state index is 10.8.